The highest BCUT2D eigenvalue weighted by atomic mass is 16.2. The van der Waals surface area contributed by atoms with Gasteiger partial charge >= 0.3 is 6.03 Å². The topological polar surface area (TPSA) is 90.1 Å². The summed E-state index contributed by atoms with van der Waals surface area (Å²) in [6, 6.07) is 7.50. The number of nitrogens with one attached hydrogen (secondary N) is 3. The van der Waals surface area contributed by atoms with Gasteiger partial charge in [0.15, 0.2) is 0 Å². The molecule has 3 amide bonds. The Bertz CT molecular complexity index is 730. The van der Waals surface area contributed by atoms with Gasteiger partial charge in [0.2, 0.25) is 0 Å². The highest BCUT2D eigenvalue weighted by Gasteiger charge is 2.51. The van der Waals surface area contributed by atoms with Gasteiger partial charge < -0.3 is 15.6 Å². The van der Waals surface area contributed by atoms with E-state index < -0.39 is 5.54 Å². The molecule has 2 saturated heterocycles. The van der Waals surface area contributed by atoms with E-state index in [1.807, 2.05) is 24.3 Å². The fourth-order valence-electron chi connectivity index (χ4n) is 3.41. The number of aromatic nitrogens is 2. The Hall–Kier alpha value is -2.41. The van der Waals surface area contributed by atoms with Gasteiger partial charge in [0.05, 0.1) is 11.0 Å². The molecular weight excluding hydrogens is 294 g/mol. The Labute approximate surface area is 133 Å². The molecule has 7 heteroatoms. The van der Waals surface area contributed by atoms with Gasteiger partial charge in [-0.3, -0.25) is 9.69 Å². The number of piperidine rings is 1. The first-order valence-electron chi connectivity index (χ1n) is 7.96. The van der Waals surface area contributed by atoms with Gasteiger partial charge in [-0.2, -0.15) is 0 Å². The van der Waals surface area contributed by atoms with Gasteiger partial charge in [-0.1, -0.05) is 12.1 Å². The first-order valence-corrected chi connectivity index (χ1v) is 7.96. The van der Waals surface area contributed by atoms with Crippen LogP contribution in [0, 0.1) is 0 Å². The molecular formula is C16H19N5O2. The van der Waals surface area contributed by atoms with Crippen molar-refractivity contribution in [3.63, 3.8) is 0 Å². The molecule has 7 nitrogen and oxygen atoms in total. The number of urea groups is 1. The molecule has 3 heterocycles. The number of aromatic amines is 1. The van der Waals surface area contributed by atoms with E-state index in [0.29, 0.717) is 25.8 Å². The summed E-state index contributed by atoms with van der Waals surface area (Å²) in [5.41, 5.74) is 1.17. The average Bonchev–Trinajstić information content (AvgIpc) is 3.06. The molecule has 0 aliphatic carbocycles. The van der Waals surface area contributed by atoms with E-state index in [1.54, 1.807) is 0 Å². The Morgan fingerprint density at radius 2 is 1.96 bits per heavy atom. The predicted octanol–water partition coefficient (Wildman–Crippen LogP) is 0.779. The van der Waals surface area contributed by atoms with Gasteiger partial charge in [0.1, 0.15) is 11.4 Å². The minimum atomic E-state index is -0.698. The SMILES string of the molecule is O=C1NC2(CCNCC2)C(=O)N1CCc1nc2ccccc2[nH]1. The molecule has 0 unspecified atom stereocenters. The molecule has 1 spiro atoms. The molecule has 120 valence electrons. The third-order valence-corrected chi connectivity index (χ3v) is 4.71. The van der Waals surface area contributed by atoms with Crippen LogP contribution in [-0.2, 0) is 11.2 Å². The number of nitrogens with zero attached hydrogens (tertiary/aromatic N) is 2. The van der Waals surface area contributed by atoms with E-state index in [0.717, 1.165) is 29.9 Å². The maximum Gasteiger partial charge on any atom is 0.325 e. The lowest BCUT2D eigenvalue weighted by molar-refractivity contribution is -0.132. The summed E-state index contributed by atoms with van der Waals surface area (Å²) in [5.74, 6) is 0.693. The molecule has 2 aromatic rings. The fraction of sp³-hybridized carbons (Fsp3) is 0.438. The van der Waals surface area contributed by atoms with Gasteiger partial charge in [-0.25, -0.2) is 9.78 Å². The highest BCUT2D eigenvalue weighted by molar-refractivity contribution is 6.07. The molecule has 2 aliphatic heterocycles. The Morgan fingerprint density at radius 3 is 2.74 bits per heavy atom. The Kier molecular flexibility index (Phi) is 3.30. The first-order chi connectivity index (χ1) is 11.2. The number of H-pyrrole nitrogens is 1. The number of hydrogen-bond acceptors (Lipinski definition) is 4. The van der Waals surface area contributed by atoms with Gasteiger partial charge in [0, 0.05) is 13.0 Å². The number of rotatable bonds is 3. The van der Waals surface area contributed by atoms with Crippen LogP contribution < -0.4 is 10.6 Å². The summed E-state index contributed by atoms with van der Waals surface area (Å²) in [5, 5.41) is 6.12. The summed E-state index contributed by atoms with van der Waals surface area (Å²) in [7, 11) is 0. The number of benzene rings is 1. The monoisotopic (exact) mass is 313 g/mol. The van der Waals surface area contributed by atoms with E-state index in [4.69, 9.17) is 0 Å². The van der Waals surface area contributed by atoms with Gasteiger partial charge in [0.25, 0.3) is 5.91 Å². The van der Waals surface area contributed by atoms with Crippen molar-refractivity contribution in [1.29, 1.82) is 0 Å². The zero-order chi connectivity index (χ0) is 15.9. The van der Waals surface area contributed by atoms with E-state index in [9.17, 15) is 9.59 Å². The smallest absolute Gasteiger partial charge is 0.325 e. The van der Waals surface area contributed by atoms with Crippen molar-refractivity contribution in [2.24, 2.45) is 0 Å². The van der Waals surface area contributed by atoms with Crippen molar-refractivity contribution in [3.05, 3.63) is 30.1 Å². The molecule has 0 bridgehead atoms. The quantitative estimate of drug-likeness (QED) is 0.731. The van der Waals surface area contributed by atoms with Crippen molar-refractivity contribution >= 4 is 23.0 Å². The lowest BCUT2D eigenvalue weighted by Gasteiger charge is -2.31. The maximum atomic E-state index is 12.7. The third-order valence-electron chi connectivity index (χ3n) is 4.71. The largest absolute Gasteiger partial charge is 0.342 e. The zero-order valence-corrected chi connectivity index (χ0v) is 12.8. The molecule has 23 heavy (non-hydrogen) atoms. The number of imidazole rings is 1. The zero-order valence-electron chi connectivity index (χ0n) is 12.8. The number of para-hydroxylation sites is 2. The summed E-state index contributed by atoms with van der Waals surface area (Å²) in [4.78, 5) is 33.9. The van der Waals surface area contributed by atoms with Crippen LogP contribution in [0.3, 0.4) is 0 Å². The van der Waals surface area contributed by atoms with E-state index in [1.165, 1.54) is 4.90 Å². The van der Waals surface area contributed by atoms with Crippen LogP contribution in [-0.4, -0.2) is 52.0 Å². The second-order valence-corrected chi connectivity index (χ2v) is 6.17. The summed E-state index contributed by atoms with van der Waals surface area (Å²) in [6.07, 6.45) is 1.83. The second kappa shape index (κ2) is 5.34. The number of carbonyl (C=O) groups excluding carboxylic acids is 2. The second-order valence-electron chi connectivity index (χ2n) is 6.17. The van der Waals surface area contributed by atoms with E-state index >= 15 is 0 Å². The average molecular weight is 313 g/mol. The molecule has 1 aromatic carbocycles. The number of hydrogen-bond donors (Lipinski definition) is 3. The van der Waals surface area contributed by atoms with Crippen LogP contribution in [0.2, 0.25) is 0 Å². The number of imide groups is 1. The van der Waals surface area contributed by atoms with E-state index in [2.05, 4.69) is 20.6 Å². The minimum absolute atomic E-state index is 0.0971. The van der Waals surface area contributed by atoms with Crippen LogP contribution in [0.4, 0.5) is 4.79 Å². The highest BCUT2D eigenvalue weighted by Crippen LogP contribution is 2.27. The number of carbonyl (C=O) groups is 2. The predicted molar refractivity (Wildman–Crippen MR) is 84.9 cm³/mol. The Balaban J connectivity index is 1.48. The van der Waals surface area contributed by atoms with Gasteiger partial charge in [-0.15, -0.1) is 0 Å². The van der Waals surface area contributed by atoms with Crippen molar-refractivity contribution in [2.45, 2.75) is 24.8 Å². The van der Waals surface area contributed by atoms with Crippen LogP contribution in [0.5, 0.6) is 0 Å². The summed E-state index contributed by atoms with van der Waals surface area (Å²) >= 11 is 0. The van der Waals surface area contributed by atoms with Crippen molar-refractivity contribution in [1.82, 2.24) is 25.5 Å². The molecule has 2 aliphatic rings. The minimum Gasteiger partial charge on any atom is -0.342 e. The first kappa shape index (κ1) is 14.2. The number of fused-ring (bicyclic) bond motifs is 1. The fourth-order valence-corrected chi connectivity index (χ4v) is 3.41. The van der Waals surface area contributed by atoms with Crippen molar-refractivity contribution < 1.29 is 9.59 Å². The molecule has 3 N–H and O–H groups in total. The summed E-state index contributed by atoms with van der Waals surface area (Å²) < 4.78 is 0. The lowest BCUT2D eigenvalue weighted by Crippen LogP contribution is -2.53. The lowest BCUT2D eigenvalue weighted by atomic mass is 9.88. The van der Waals surface area contributed by atoms with E-state index in [-0.39, 0.29) is 11.9 Å². The number of amides is 3. The molecule has 1 aromatic heterocycles. The summed E-state index contributed by atoms with van der Waals surface area (Å²) in [6.45, 7) is 1.85. The molecule has 0 radical (unpaired) electrons. The molecule has 4 rings (SSSR count). The normalized spacial score (nSPS) is 20.4. The third kappa shape index (κ3) is 2.37. The van der Waals surface area contributed by atoms with Crippen LogP contribution in [0.1, 0.15) is 18.7 Å². The maximum absolute atomic E-state index is 12.7. The molecule has 2 fully saturated rings. The molecule has 0 saturated carbocycles. The Morgan fingerprint density at radius 1 is 1.17 bits per heavy atom. The van der Waals surface area contributed by atoms with Gasteiger partial charge in [-0.05, 0) is 38.1 Å². The van der Waals surface area contributed by atoms with Crippen molar-refractivity contribution in [2.75, 3.05) is 19.6 Å². The standard InChI is InChI=1S/C16H19N5O2/c22-14-16(6-8-17-9-7-16)20-15(23)21(14)10-5-13-18-11-3-1-2-4-12(11)19-13/h1-4,17H,5-10H2,(H,18,19)(H,20,23). The van der Waals surface area contributed by atoms with Crippen molar-refractivity contribution in [3.8, 4) is 0 Å². The van der Waals surface area contributed by atoms with Crippen LogP contribution >= 0.6 is 0 Å². The van der Waals surface area contributed by atoms with Crippen LogP contribution in [0.15, 0.2) is 24.3 Å². The molecule has 0 atom stereocenters. The van der Waals surface area contributed by atoms with Crippen LogP contribution in [0.25, 0.3) is 11.0 Å².